The molecule has 5 nitrogen and oxygen atoms in total. The second-order valence-corrected chi connectivity index (χ2v) is 7.06. The fraction of sp³-hybridized carbons (Fsp3) is 0.400. The van der Waals surface area contributed by atoms with Gasteiger partial charge < -0.3 is 24.1 Å². The number of aliphatic hydroxyl groups excluding tert-OH is 1. The van der Waals surface area contributed by atoms with E-state index in [1.54, 1.807) is 0 Å². The van der Waals surface area contributed by atoms with Crippen LogP contribution in [0.2, 0.25) is 0 Å². The first kappa shape index (κ1) is 14.9. The van der Waals surface area contributed by atoms with Crippen LogP contribution in [0.1, 0.15) is 42.6 Å². The molecule has 0 saturated heterocycles. The van der Waals surface area contributed by atoms with Crippen LogP contribution >= 0.6 is 0 Å². The maximum atomic E-state index is 10.8. The molecule has 0 amide bonds. The molecule has 2 heterocycles. The predicted octanol–water partition coefficient (Wildman–Crippen LogP) is 3.60. The monoisotopic (exact) mass is 340 g/mol. The molecule has 1 aliphatic carbocycles. The molecule has 3 aliphatic rings. The van der Waals surface area contributed by atoms with Gasteiger partial charge in [-0.1, -0.05) is 26.0 Å². The fourth-order valence-electron chi connectivity index (χ4n) is 4.30. The number of hydrogen-bond donors (Lipinski definition) is 1. The summed E-state index contributed by atoms with van der Waals surface area (Å²) >= 11 is 0. The van der Waals surface area contributed by atoms with Crippen molar-refractivity contribution < 1.29 is 24.1 Å². The Morgan fingerprint density at radius 1 is 0.840 bits per heavy atom. The van der Waals surface area contributed by atoms with E-state index in [9.17, 15) is 5.11 Å². The van der Waals surface area contributed by atoms with Crippen LogP contribution in [0, 0.1) is 11.8 Å². The molecule has 0 bridgehead atoms. The number of rotatable bonds is 1. The molecule has 2 aromatic carbocycles. The van der Waals surface area contributed by atoms with Crippen molar-refractivity contribution >= 4 is 0 Å². The molecule has 5 rings (SSSR count). The Kier molecular flexibility index (Phi) is 3.16. The van der Waals surface area contributed by atoms with Gasteiger partial charge in [0, 0.05) is 11.5 Å². The molecule has 2 aliphatic heterocycles. The lowest BCUT2D eigenvalue weighted by molar-refractivity contribution is 0.0677. The molecule has 0 radical (unpaired) electrons. The first-order chi connectivity index (χ1) is 12.1. The van der Waals surface area contributed by atoms with Crippen molar-refractivity contribution in [3.05, 3.63) is 47.0 Å². The highest BCUT2D eigenvalue weighted by molar-refractivity contribution is 5.59. The standard InChI is InChI=1S/C20H20O5/c1-10-11(2)19(21)13-4-6-15-20(25-9-23-15)18(13)17(10)12-3-5-14-16(7-12)24-8-22-14/h3-7,10-11,17,19,21H,8-9H2,1-2H3/t10-,11+,17-,19-/m0/s1. The van der Waals surface area contributed by atoms with Crippen LogP contribution in [0.15, 0.2) is 30.3 Å². The van der Waals surface area contributed by atoms with E-state index in [0.29, 0.717) is 0 Å². The van der Waals surface area contributed by atoms with Crippen LogP contribution in [0.3, 0.4) is 0 Å². The molecule has 0 unspecified atom stereocenters. The molecule has 0 spiro atoms. The van der Waals surface area contributed by atoms with Crippen molar-refractivity contribution in [2.75, 3.05) is 13.6 Å². The first-order valence-electron chi connectivity index (χ1n) is 8.65. The van der Waals surface area contributed by atoms with E-state index < -0.39 is 6.10 Å². The van der Waals surface area contributed by atoms with Crippen molar-refractivity contribution in [3.8, 4) is 23.0 Å². The van der Waals surface area contributed by atoms with E-state index in [1.807, 2.05) is 24.3 Å². The van der Waals surface area contributed by atoms with Crippen molar-refractivity contribution in [3.63, 3.8) is 0 Å². The summed E-state index contributed by atoms with van der Waals surface area (Å²) in [6.07, 6.45) is -0.509. The Labute approximate surface area is 146 Å². The Morgan fingerprint density at radius 2 is 1.56 bits per heavy atom. The number of ether oxygens (including phenoxy) is 4. The Hall–Kier alpha value is -2.40. The highest BCUT2D eigenvalue weighted by Gasteiger charge is 2.42. The molecule has 130 valence electrons. The summed E-state index contributed by atoms with van der Waals surface area (Å²) < 4.78 is 22.4. The summed E-state index contributed by atoms with van der Waals surface area (Å²) in [6.45, 7) is 4.76. The van der Waals surface area contributed by atoms with Gasteiger partial charge in [0.05, 0.1) is 6.10 Å². The van der Waals surface area contributed by atoms with E-state index in [-0.39, 0.29) is 31.3 Å². The zero-order valence-electron chi connectivity index (χ0n) is 14.2. The summed E-state index contributed by atoms with van der Waals surface area (Å²) in [5.74, 6) is 3.52. The maximum Gasteiger partial charge on any atom is 0.231 e. The summed E-state index contributed by atoms with van der Waals surface area (Å²) in [5, 5.41) is 10.8. The summed E-state index contributed by atoms with van der Waals surface area (Å²) in [4.78, 5) is 0. The van der Waals surface area contributed by atoms with E-state index in [4.69, 9.17) is 18.9 Å². The quantitative estimate of drug-likeness (QED) is 0.860. The van der Waals surface area contributed by atoms with Gasteiger partial charge in [0.15, 0.2) is 23.0 Å². The Bertz CT molecular complexity index is 846. The van der Waals surface area contributed by atoms with Gasteiger partial charge in [-0.25, -0.2) is 0 Å². The average molecular weight is 340 g/mol. The second-order valence-electron chi connectivity index (χ2n) is 7.06. The van der Waals surface area contributed by atoms with Crippen LogP contribution < -0.4 is 18.9 Å². The maximum absolute atomic E-state index is 10.8. The summed E-state index contributed by atoms with van der Waals surface area (Å²) in [5.41, 5.74) is 3.10. The first-order valence-corrected chi connectivity index (χ1v) is 8.65. The zero-order chi connectivity index (χ0) is 17.1. The lowest BCUT2D eigenvalue weighted by Crippen LogP contribution is -2.30. The molecule has 2 aromatic rings. The predicted molar refractivity (Wildman–Crippen MR) is 90.3 cm³/mol. The SMILES string of the molecule is C[C@@H]1[C@@H](c2ccc3c(c2)OCO3)c2c(ccc3c2OCO3)[C@@H](O)[C@@H]1C. The van der Waals surface area contributed by atoms with E-state index in [2.05, 4.69) is 19.9 Å². The van der Waals surface area contributed by atoms with E-state index in [1.165, 1.54) is 0 Å². The molecule has 0 aromatic heterocycles. The third-order valence-electron chi connectivity index (χ3n) is 5.85. The lowest BCUT2D eigenvalue weighted by atomic mass is 9.66. The minimum atomic E-state index is -0.509. The smallest absolute Gasteiger partial charge is 0.231 e. The van der Waals surface area contributed by atoms with Crippen LogP contribution in [-0.2, 0) is 0 Å². The van der Waals surface area contributed by atoms with Crippen LogP contribution in [0.25, 0.3) is 0 Å². The van der Waals surface area contributed by atoms with Gasteiger partial charge in [0.2, 0.25) is 13.6 Å². The topological polar surface area (TPSA) is 57.2 Å². The third kappa shape index (κ3) is 2.05. The minimum absolute atomic E-state index is 0.0968. The van der Waals surface area contributed by atoms with Gasteiger partial charge in [-0.05, 0) is 41.2 Å². The molecule has 25 heavy (non-hydrogen) atoms. The van der Waals surface area contributed by atoms with Gasteiger partial charge in [0.1, 0.15) is 0 Å². The molecule has 5 heteroatoms. The number of aliphatic hydroxyl groups is 1. The summed E-state index contributed by atoms with van der Waals surface area (Å²) in [7, 11) is 0. The van der Waals surface area contributed by atoms with Gasteiger partial charge >= 0.3 is 0 Å². The van der Waals surface area contributed by atoms with Crippen LogP contribution in [0.5, 0.6) is 23.0 Å². The largest absolute Gasteiger partial charge is 0.454 e. The van der Waals surface area contributed by atoms with Crippen molar-refractivity contribution in [2.45, 2.75) is 25.9 Å². The zero-order valence-corrected chi connectivity index (χ0v) is 14.2. The molecular formula is C20H20O5. The number of benzene rings is 2. The minimum Gasteiger partial charge on any atom is -0.454 e. The van der Waals surface area contributed by atoms with Gasteiger partial charge in [-0.3, -0.25) is 0 Å². The van der Waals surface area contributed by atoms with E-state index in [0.717, 1.165) is 39.7 Å². The molecule has 0 fully saturated rings. The van der Waals surface area contributed by atoms with Crippen LogP contribution in [-0.4, -0.2) is 18.7 Å². The van der Waals surface area contributed by atoms with Gasteiger partial charge in [0.25, 0.3) is 0 Å². The number of hydrogen-bond acceptors (Lipinski definition) is 5. The highest BCUT2D eigenvalue weighted by atomic mass is 16.7. The molecule has 0 saturated carbocycles. The normalized spacial score (nSPS) is 28.8. The summed E-state index contributed by atoms with van der Waals surface area (Å²) in [6, 6.07) is 9.95. The fourth-order valence-corrected chi connectivity index (χ4v) is 4.30. The van der Waals surface area contributed by atoms with Crippen molar-refractivity contribution in [2.24, 2.45) is 11.8 Å². The molecular weight excluding hydrogens is 320 g/mol. The van der Waals surface area contributed by atoms with Gasteiger partial charge in [-0.15, -0.1) is 0 Å². The van der Waals surface area contributed by atoms with Crippen LogP contribution in [0.4, 0.5) is 0 Å². The van der Waals surface area contributed by atoms with Crippen molar-refractivity contribution in [1.82, 2.24) is 0 Å². The van der Waals surface area contributed by atoms with E-state index >= 15 is 0 Å². The Balaban J connectivity index is 1.71. The average Bonchev–Trinajstić information content (AvgIpc) is 3.28. The third-order valence-corrected chi connectivity index (χ3v) is 5.85. The number of fused-ring (bicyclic) bond motifs is 4. The van der Waals surface area contributed by atoms with Crippen molar-refractivity contribution in [1.29, 1.82) is 0 Å². The second kappa shape index (κ2) is 5.30. The highest BCUT2D eigenvalue weighted by Crippen LogP contribution is 2.55. The molecule has 4 atom stereocenters. The Morgan fingerprint density at radius 3 is 2.44 bits per heavy atom. The molecule has 1 N–H and O–H groups in total. The van der Waals surface area contributed by atoms with Gasteiger partial charge in [-0.2, -0.15) is 0 Å². The lowest BCUT2D eigenvalue weighted by Gasteiger charge is -2.40.